The number of ketones is 1. The molecule has 0 bridgehead atoms. The molecular weight excluding hydrogens is 388 g/mol. The van der Waals surface area contributed by atoms with Gasteiger partial charge in [0, 0.05) is 6.07 Å². The number of Topliss-reactive ketones (excluding diaryl/α,β-unsaturated/α-hetero) is 1. The molecule has 3 aromatic carbocycles. The highest BCUT2D eigenvalue weighted by Gasteiger charge is 2.30. The molecule has 0 aliphatic carbocycles. The van der Waals surface area contributed by atoms with E-state index in [-0.39, 0.29) is 5.78 Å². The second-order valence-electron chi connectivity index (χ2n) is 7.77. The number of carbonyl (C=O) groups excluding carboxylic acids is 1. The van der Waals surface area contributed by atoms with E-state index in [0.717, 1.165) is 22.4 Å². The summed E-state index contributed by atoms with van der Waals surface area (Å²) in [6.45, 7) is 9.08. The van der Waals surface area contributed by atoms with Crippen LogP contribution in [0.3, 0.4) is 0 Å². The highest BCUT2D eigenvalue weighted by atomic mass is 16.5. The van der Waals surface area contributed by atoms with Crippen molar-refractivity contribution >= 4 is 11.9 Å². The van der Waals surface area contributed by atoms with Crippen LogP contribution in [0.4, 0.5) is 0 Å². The van der Waals surface area contributed by atoms with Crippen LogP contribution in [0.1, 0.15) is 45.1 Å². The van der Waals surface area contributed by atoms with Gasteiger partial charge in [-0.2, -0.15) is 0 Å². The summed E-state index contributed by atoms with van der Waals surface area (Å²) < 4.78 is 17.4. The normalized spacial score (nSPS) is 13.8. The monoisotopic (exact) mass is 414 g/mol. The molecule has 1 aliphatic rings. The molecule has 4 heteroatoms. The van der Waals surface area contributed by atoms with Crippen molar-refractivity contribution in [3.05, 3.63) is 93.7 Å². The van der Waals surface area contributed by atoms with Crippen molar-refractivity contribution in [3.8, 4) is 17.2 Å². The zero-order chi connectivity index (χ0) is 22.0. The highest BCUT2D eigenvalue weighted by Crippen LogP contribution is 2.38. The van der Waals surface area contributed by atoms with E-state index < -0.39 is 0 Å². The molecule has 0 amide bonds. The topological polar surface area (TPSA) is 44.8 Å². The van der Waals surface area contributed by atoms with Gasteiger partial charge >= 0.3 is 0 Å². The van der Waals surface area contributed by atoms with Gasteiger partial charge < -0.3 is 14.2 Å². The summed E-state index contributed by atoms with van der Waals surface area (Å²) in [5, 5.41) is 0. The van der Waals surface area contributed by atoms with Crippen molar-refractivity contribution in [3.63, 3.8) is 0 Å². The maximum atomic E-state index is 12.9. The molecule has 0 spiro atoms. The second kappa shape index (κ2) is 8.68. The first-order chi connectivity index (χ1) is 14.9. The first-order valence-corrected chi connectivity index (χ1v) is 10.5. The van der Waals surface area contributed by atoms with Gasteiger partial charge in [0.05, 0.1) is 12.2 Å². The summed E-state index contributed by atoms with van der Waals surface area (Å²) in [7, 11) is 0. The van der Waals surface area contributed by atoms with Gasteiger partial charge in [-0.1, -0.05) is 35.9 Å². The Morgan fingerprint density at radius 2 is 1.65 bits per heavy atom. The molecule has 3 aromatic rings. The zero-order valence-corrected chi connectivity index (χ0v) is 18.3. The van der Waals surface area contributed by atoms with Crippen molar-refractivity contribution in [1.29, 1.82) is 0 Å². The minimum absolute atomic E-state index is 0.109. The lowest BCUT2D eigenvalue weighted by atomic mass is 10.0. The largest absolute Gasteiger partial charge is 0.494 e. The van der Waals surface area contributed by atoms with E-state index >= 15 is 0 Å². The SMILES string of the molecule is CCOc1ccc(/C=C2\Oc3cc(OCc4cc(C)ccc4C)cc(C)c3C2=O)cc1. The third-order valence-corrected chi connectivity index (χ3v) is 5.33. The van der Waals surface area contributed by atoms with E-state index in [0.29, 0.717) is 36.0 Å². The van der Waals surface area contributed by atoms with Crippen LogP contribution < -0.4 is 14.2 Å². The maximum Gasteiger partial charge on any atom is 0.232 e. The van der Waals surface area contributed by atoms with Crippen LogP contribution in [0.5, 0.6) is 17.2 Å². The summed E-state index contributed by atoms with van der Waals surface area (Å²) in [5.74, 6) is 2.23. The molecule has 0 aromatic heterocycles. The van der Waals surface area contributed by atoms with E-state index in [1.807, 2.05) is 44.2 Å². The van der Waals surface area contributed by atoms with Crippen LogP contribution in [0.25, 0.3) is 6.08 Å². The smallest absolute Gasteiger partial charge is 0.232 e. The Morgan fingerprint density at radius 3 is 2.39 bits per heavy atom. The number of hydrogen-bond acceptors (Lipinski definition) is 4. The molecule has 158 valence electrons. The molecule has 4 rings (SSSR count). The van der Waals surface area contributed by atoms with Gasteiger partial charge in [-0.25, -0.2) is 0 Å². The number of ether oxygens (including phenoxy) is 3. The molecule has 31 heavy (non-hydrogen) atoms. The number of rotatable bonds is 6. The second-order valence-corrected chi connectivity index (χ2v) is 7.77. The Kier molecular flexibility index (Phi) is 5.81. The van der Waals surface area contributed by atoms with Gasteiger partial charge in [-0.3, -0.25) is 4.79 Å². The predicted molar refractivity (Wildman–Crippen MR) is 122 cm³/mol. The van der Waals surface area contributed by atoms with Gasteiger partial charge in [0.2, 0.25) is 5.78 Å². The quantitative estimate of drug-likeness (QED) is 0.450. The lowest BCUT2D eigenvalue weighted by Gasteiger charge is -2.11. The van der Waals surface area contributed by atoms with Gasteiger partial charge in [0.1, 0.15) is 23.9 Å². The minimum atomic E-state index is -0.109. The Morgan fingerprint density at radius 1 is 0.871 bits per heavy atom. The molecule has 0 saturated carbocycles. The Bertz CT molecular complexity index is 1160. The van der Waals surface area contributed by atoms with Gasteiger partial charge in [0.25, 0.3) is 0 Å². The van der Waals surface area contributed by atoms with E-state index in [9.17, 15) is 4.79 Å². The van der Waals surface area contributed by atoms with Crippen LogP contribution in [0.15, 0.2) is 60.4 Å². The lowest BCUT2D eigenvalue weighted by molar-refractivity contribution is 0.101. The van der Waals surface area contributed by atoms with Crippen LogP contribution in [-0.4, -0.2) is 12.4 Å². The number of fused-ring (bicyclic) bond motifs is 1. The molecule has 4 nitrogen and oxygen atoms in total. The van der Waals surface area contributed by atoms with E-state index in [1.54, 1.807) is 12.1 Å². The first kappa shape index (κ1) is 20.7. The van der Waals surface area contributed by atoms with Crippen molar-refractivity contribution in [2.75, 3.05) is 6.61 Å². The lowest BCUT2D eigenvalue weighted by Crippen LogP contribution is -2.01. The molecule has 0 unspecified atom stereocenters. The molecule has 0 N–H and O–H groups in total. The zero-order valence-electron chi connectivity index (χ0n) is 18.3. The molecule has 0 radical (unpaired) electrons. The van der Waals surface area contributed by atoms with Crippen molar-refractivity contribution < 1.29 is 19.0 Å². The summed E-state index contributed by atoms with van der Waals surface area (Å²) >= 11 is 0. The Balaban J connectivity index is 1.54. The summed E-state index contributed by atoms with van der Waals surface area (Å²) in [6.07, 6.45) is 1.76. The number of carbonyl (C=O) groups is 1. The fraction of sp³-hybridized carbons (Fsp3) is 0.222. The van der Waals surface area contributed by atoms with Crippen molar-refractivity contribution in [2.45, 2.75) is 34.3 Å². The predicted octanol–water partition coefficient (Wildman–Crippen LogP) is 6.21. The van der Waals surface area contributed by atoms with E-state index in [1.165, 1.54) is 11.1 Å². The average Bonchev–Trinajstić information content (AvgIpc) is 3.06. The number of benzene rings is 3. The molecule has 0 saturated heterocycles. The molecule has 0 atom stereocenters. The number of hydrogen-bond donors (Lipinski definition) is 0. The summed E-state index contributed by atoms with van der Waals surface area (Å²) in [4.78, 5) is 12.9. The summed E-state index contributed by atoms with van der Waals surface area (Å²) in [5.41, 5.74) is 5.85. The molecular formula is C27H26O4. The minimum Gasteiger partial charge on any atom is -0.494 e. The van der Waals surface area contributed by atoms with Crippen molar-refractivity contribution in [2.24, 2.45) is 0 Å². The van der Waals surface area contributed by atoms with E-state index in [2.05, 4.69) is 32.0 Å². The average molecular weight is 415 g/mol. The van der Waals surface area contributed by atoms with Crippen LogP contribution in [0.2, 0.25) is 0 Å². The van der Waals surface area contributed by atoms with Crippen LogP contribution in [0, 0.1) is 20.8 Å². The third-order valence-electron chi connectivity index (χ3n) is 5.33. The Labute approximate surface area is 183 Å². The molecule has 1 heterocycles. The third kappa shape index (κ3) is 4.48. The standard InChI is InChI=1S/C27H26O4/c1-5-29-22-10-8-20(9-11-22)14-25-27(28)26-19(4)13-23(15-24(26)31-25)30-16-21-12-17(2)6-7-18(21)3/h6-15H,5,16H2,1-4H3/b25-14-. The molecule has 0 fully saturated rings. The van der Waals surface area contributed by atoms with Gasteiger partial charge in [-0.15, -0.1) is 0 Å². The van der Waals surface area contributed by atoms with Gasteiger partial charge in [-0.05, 0) is 74.2 Å². The summed E-state index contributed by atoms with van der Waals surface area (Å²) in [6, 6.07) is 17.6. The number of allylic oxidation sites excluding steroid dienone is 1. The fourth-order valence-electron chi connectivity index (χ4n) is 3.66. The van der Waals surface area contributed by atoms with E-state index in [4.69, 9.17) is 14.2 Å². The Hall–Kier alpha value is -3.53. The van der Waals surface area contributed by atoms with Crippen molar-refractivity contribution in [1.82, 2.24) is 0 Å². The fourth-order valence-corrected chi connectivity index (χ4v) is 3.66. The van der Waals surface area contributed by atoms with Crippen LogP contribution >= 0.6 is 0 Å². The van der Waals surface area contributed by atoms with Gasteiger partial charge in [0.15, 0.2) is 5.76 Å². The van der Waals surface area contributed by atoms with Crippen LogP contribution in [-0.2, 0) is 6.61 Å². The molecule has 1 aliphatic heterocycles. The highest BCUT2D eigenvalue weighted by molar-refractivity contribution is 6.15. The maximum absolute atomic E-state index is 12.9. The number of aryl methyl sites for hydroxylation is 3. The first-order valence-electron chi connectivity index (χ1n) is 10.5.